The lowest BCUT2D eigenvalue weighted by Gasteiger charge is -2.06. The van der Waals surface area contributed by atoms with Crippen molar-refractivity contribution in [1.82, 2.24) is 24.7 Å². The highest BCUT2D eigenvalue weighted by molar-refractivity contribution is 9.10. The second-order valence-electron chi connectivity index (χ2n) is 5.38. The summed E-state index contributed by atoms with van der Waals surface area (Å²) in [5, 5.41) is 4.28. The SMILES string of the molecule is Fc1cccc(-c2nc3cnn(Cc4ccc(Br)nc4)cc-3n2)c1F. The van der Waals surface area contributed by atoms with Crippen LogP contribution >= 0.6 is 15.9 Å². The van der Waals surface area contributed by atoms with E-state index in [9.17, 15) is 8.78 Å². The molecule has 0 spiro atoms. The predicted molar refractivity (Wildman–Crippen MR) is 90.8 cm³/mol. The van der Waals surface area contributed by atoms with E-state index in [4.69, 9.17) is 0 Å². The summed E-state index contributed by atoms with van der Waals surface area (Å²) in [6.45, 7) is 0.507. The molecule has 0 saturated carbocycles. The van der Waals surface area contributed by atoms with Gasteiger partial charge in [-0.3, -0.25) is 4.68 Å². The summed E-state index contributed by atoms with van der Waals surface area (Å²) in [6, 6.07) is 7.71. The molecule has 5 nitrogen and oxygen atoms in total. The lowest BCUT2D eigenvalue weighted by Crippen LogP contribution is -2.05. The second kappa shape index (κ2) is 6.29. The fraction of sp³-hybridized carbons (Fsp3) is 0.0588. The van der Waals surface area contributed by atoms with Gasteiger partial charge in [0.05, 0.1) is 24.5 Å². The second-order valence-corrected chi connectivity index (χ2v) is 6.19. The molecule has 0 bridgehead atoms. The molecule has 2 aliphatic rings. The van der Waals surface area contributed by atoms with Crippen molar-refractivity contribution in [2.45, 2.75) is 6.54 Å². The molecular formula is C17H10BrF2N5. The molecule has 0 unspecified atom stereocenters. The Balaban J connectivity index is 1.69. The molecule has 8 heteroatoms. The van der Waals surface area contributed by atoms with Crippen LogP contribution in [0, 0.1) is 11.6 Å². The van der Waals surface area contributed by atoms with Crippen LogP contribution in [0.5, 0.6) is 0 Å². The first-order chi connectivity index (χ1) is 12.1. The van der Waals surface area contributed by atoms with E-state index >= 15 is 0 Å². The monoisotopic (exact) mass is 401 g/mol. The third kappa shape index (κ3) is 3.12. The van der Waals surface area contributed by atoms with E-state index in [2.05, 4.69) is 36.0 Å². The first-order valence-corrected chi connectivity index (χ1v) is 8.14. The van der Waals surface area contributed by atoms with Gasteiger partial charge in [-0.05, 0) is 39.7 Å². The lowest BCUT2D eigenvalue weighted by atomic mass is 10.2. The van der Waals surface area contributed by atoms with Gasteiger partial charge in [-0.1, -0.05) is 12.1 Å². The highest BCUT2D eigenvalue weighted by Gasteiger charge is 2.18. The number of pyridine rings is 1. The van der Waals surface area contributed by atoms with Crippen LogP contribution in [0.15, 0.2) is 53.5 Å². The Bertz CT molecular complexity index is 1020. The van der Waals surface area contributed by atoms with Gasteiger partial charge < -0.3 is 0 Å². The molecule has 0 fully saturated rings. The van der Waals surface area contributed by atoms with Gasteiger partial charge in [0.2, 0.25) is 0 Å². The van der Waals surface area contributed by atoms with Crippen molar-refractivity contribution in [2.75, 3.05) is 0 Å². The minimum atomic E-state index is -0.959. The maximum absolute atomic E-state index is 13.9. The molecule has 2 aliphatic heterocycles. The van der Waals surface area contributed by atoms with Crippen molar-refractivity contribution >= 4 is 15.9 Å². The van der Waals surface area contributed by atoms with E-state index in [0.717, 1.165) is 16.2 Å². The van der Waals surface area contributed by atoms with Crippen LogP contribution in [-0.4, -0.2) is 24.7 Å². The van der Waals surface area contributed by atoms with Crippen LogP contribution in [0.4, 0.5) is 8.78 Å². The number of rotatable bonds is 3. The zero-order valence-corrected chi connectivity index (χ0v) is 14.3. The van der Waals surface area contributed by atoms with E-state index < -0.39 is 11.6 Å². The van der Waals surface area contributed by atoms with Crippen molar-refractivity contribution in [2.24, 2.45) is 0 Å². The summed E-state index contributed by atoms with van der Waals surface area (Å²) in [5.74, 6) is -1.75. The molecule has 0 radical (unpaired) electrons. The van der Waals surface area contributed by atoms with Gasteiger partial charge in [-0.2, -0.15) is 5.10 Å². The zero-order chi connectivity index (χ0) is 17.4. The average Bonchev–Trinajstić information content (AvgIpc) is 3.02. The predicted octanol–water partition coefficient (Wildman–Crippen LogP) is 3.93. The van der Waals surface area contributed by atoms with Gasteiger partial charge in [0.25, 0.3) is 0 Å². The zero-order valence-electron chi connectivity index (χ0n) is 12.7. The summed E-state index contributed by atoms with van der Waals surface area (Å²) in [6.07, 6.45) is 5.01. The third-order valence-corrected chi connectivity index (χ3v) is 4.11. The van der Waals surface area contributed by atoms with Gasteiger partial charge in [-0.25, -0.2) is 23.7 Å². The number of hydrogen-bond acceptors (Lipinski definition) is 4. The minimum Gasteiger partial charge on any atom is -0.266 e. The van der Waals surface area contributed by atoms with Crippen molar-refractivity contribution < 1.29 is 8.78 Å². The normalized spacial score (nSPS) is 11.2. The van der Waals surface area contributed by atoms with Crippen molar-refractivity contribution in [3.8, 4) is 22.8 Å². The quantitative estimate of drug-likeness (QED) is 0.488. The van der Waals surface area contributed by atoms with Crippen molar-refractivity contribution in [3.63, 3.8) is 0 Å². The number of halogens is 3. The summed E-state index contributed by atoms with van der Waals surface area (Å²) in [7, 11) is 0. The van der Waals surface area contributed by atoms with Crippen LogP contribution in [0.2, 0.25) is 0 Å². The molecule has 4 rings (SSSR count). The van der Waals surface area contributed by atoms with Gasteiger partial charge in [0.15, 0.2) is 17.5 Å². The molecule has 0 amide bonds. The number of imidazole rings is 1. The molecule has 124 valence electrons. The smallest absolute Gasteiger partial charge is 0.169 e. The fourth-order valence-electron chi connectivity index (χ4n) is 2.43. The lowest BCUT2D eigenvalue weighted by molar-refractivity contribution is 0.510. The standard InChI is InChI=1S/C17H10BrF2N5/c18-15-5-4-10(6-21-15)8-25-9-14-13(7-22-25)23-17(24-14)11-2-1-3-12(19)16(11)20/h1-7,9H,8H2. The maximum Gasteiger partial charge on any atom is 0.169 e. The Morgan fingerprint density at radius 2 is 1.84 bits per heavy atom. The van der Waals surface area contributed by atoms with Crippen LogP contribution < -0.4 is 0 Å². The Hall–Kier alpha value is -2.74. The summed E-state index contributed by atoms with van der Waals surface area (Å²) < 4.78 is 29.8. The average molecular weight is 402 g/mol. The highest BCUT2D eigenvalue weighted by atomic mass is 79.9. The molecule has 25 heavy (non-hydrogen) atoms. The molecule has 0 aliphatic carbocycles. The largest absolute Gasteiger partial charge is 0.266 e. The highest BCUT2D eigenvalue weighted by Crippen LogP contribution is 2.26. The van der Waals surface area contributed by atoms with Crippen LogP contribution in [0.25, 0.3) is 22.8 Å². The number of aromatic nitrogens is 5. The van der Waals surface area contributed by atoms with Crippen LogP contribution in [0.1, 0.15) is 5.56 Å². The molecular weight excluding hydrogens is 392 g/mol. The molecule has 0 atom stereocenters. The topological polar surface area (TPSA) is 56.5 Å². The van der Waals surface area contributed by atoms with E-state index in [-0.39, 0.29) is 11.4 Å². The maximum atomic E-state index is 13.9. The summed E-state index contributed by atoms with van der Waals surface area (Å²) in [4.78, 5) is 12.7. The molecule has 1 aromatic carbocycles. The van der Waals surface area contributed by atoms with E-state index in [1.165, 1.54) is 12.1 Å². The number of benzene rings is 1. The molecule has 1 aromatic heterocycles. The fourth-order valence-corrected chi connectivity index (χ4v) is 2.67. The Kier molecular flexibility index (Phi) is 3.96. The van der Waals surface area contributed by atoms with Crippen LogP contribution in [0.3, 0.4) is 0 Å². The first-order valence-electron chi connectivity index (χ1n) is 7.35. The molecule has 3 heterocycles. The first kappa shape index (κ1) is 15.8. The minimum absolute atomic E-state index is 0.0276. The molecule has 2 aromatic rings. The number of hydrogen-bond donors (Lipinski definition) is 0. The van der Waals surface area contributed by atoms with Gasteiger partial charge >= 0.3 is 0 Å². The summed E-state index contributed by atoms with van der Waals surface area (Å²) in [5.41, 5.74) is 2.07. The Morgan fingerprint density at radius 3 is 2.64 bits per heavy atom. The summed E-state index contributed by atoms with van der Waals surface area (Å²) >= 11 is 3.29. The van der Waals surface area contributed by atoms with Crippen molar-refractivity contribution in [1.29, 1.82) is 0 Å². The van der Waals surface area contributed by atoms with E-state index in [1.807, 2.05) is 12.1 Å². The molecule has 0 N–H and O–H groups in total. The molecule has 0 saturated heterocycles. The Labute approximate surface area is 149 Å². The van der Waals surface area contributed by atoms with E-state index in [1.54, 1.807) is 23.3 Å². The Morgan fingerprint density at radius 1 is 1.00 bits per heavy atom. The van der Waals surface area contributed by atoms with Crippen LogP contribution in [-0.2, 0) is 6.54 Å². The number of nitrogens with zero attached hydrogens (tertiary/aromatic N) is 5. The van der Waals surface area contributed by atoms with Gasteiger partial charge in [-0.15, -0.1) is 0 Å². The van der Waals surface area contributed by atoms with Gasteiger partial charge in [0, 0.05) is 6.20 Å². The van der Waals surface area contributed by atoms with Gasteiger partial charge in [0.1, 0.15) is 16.0 Å². The number of fused-ring (bicyclic) bond motifs is 1. The third-order valence-electron chi connectivity index (χ3n) is 3.64. The van der Waals surface area contributed by atoms with Crippen molar-refractivity contribution in [3.05, 3.63) is 70.7 Å². The van der Waals surface area contributed by atoms with E-state index in [0.29, 0.717) is 17.9 Å².